The van der Waals surface area contributed by atoms with Crippen molar-refractivity contribution in [3.8, 4) is 0 Å². The maximum absolute atomic E-state index is 13.2. The smallest absolute Gasteiger partial charge is 0.220 e. The molecule has 0 aromatic heterocycles. The number of hydrogen-bond donors (Lipinski definition) is 12. The third kappa shape index (κ3) is 20.6. The van der Waals surface area contributed by atoms with Gasteiger partial charge >= 0.3 is 0 Å². The van der Waals surface area contributed by atoms with Gasteiger partial charge in [-0.05, 0) is 19.3 Å². The highest BCUT2D eigenvalue weighted by Gasteiger charge is 2.53. The summed E-state index contributed by atoms with van der Waals surface area (Å²) in [6, 6.07) is -0.963. The van der Waals surface area contributed by atoms with Gasteiger partial charge in [0.25, 0.3) is 0 Å². The van der Waals surface area contributed by atoms with Gasteiger partial charge in [-0.15, -0.1) is 0 Å². The SMILES string of the molecule is CCCCCCCCCC/C=C/C(O)C(COC1OC(CO)C(OC2OC(CO)C(OC3OC(CO)C(O)C(O)C3O)C(O)C2O)C(O)C1O)NC(=O)CCCCCCCCCCCCCCC. The number of hydrogen-bond acceptors (Lipinski definition) is 18. The van der Waals surface area contributed by atoms with Crippen LogP contribution in [0.5, 0.6) is 0 Å². The Bertz CT molecular complexity index is 1310. The van der Waals surface area contributed by atoms with Gasteiger partial charge in [-0.3, -0.25) is 4.79 Å². The van der Waals surface area contributed by atoms with Gasteiger partial charge in [-0.25, -0.2) is 0 Å². The molecule has 0 radical (unpaired) electrons. The van der Waals surface area contributed by atoms with Crippen molar-refractivity contribution < 1.29 is 89.4 Å². The van der Waals surface area contributed by atoms with Crippen molar-refractivity contribution in [1.29, 1.82) is 0 Å². The van der Waals surface area contributed by atoms with Crippen molar-refractivity contribution in [3.63, 3.8) is 0 Å². The van der Waals surface area contributed by atoms with E-state index in [4.69, 9.17) is 28.4 Å². The first kappa shape index (κ1) is 60.8. The van der Waals surface area contributed by atoms with Gasteiger partial charge in [0.05, 0.1) is 38.6 Å². The van der Waals surface area contributed by atoms with Gasteiger partial charge in [0, 0.05) is 6.42 Å². The second-order valence-corrected chi connectivity index (χ2v) is 19.0. The van der Waals surface area contributed by atoms with Crippen LogP contribution in [0.25, 0.3) is 0 Å². The highest BCUT2D eigenvalue weighted by molar-refractivity contribution is 5.76. The molecular weight excluding hydrogens is 891 g/mol. The minimum absolute atomic E-state index is 0.247. The molecule has 19 nitrogen and oxygen atoms in total. The highest BCUT2D eigenvalue weighted by Crippen LogP contribution is 2.33. The quantitative estimate of drug-likeness (QED) is 0.0315. The van der Waals surface area contributed by atoms with Crippen molar-refractivity contribution >= 4 is 5.91 Å². The van der Waals surface area contributed by atoms with Crippen molar-refractivity contribution in [3.05, 3.63) is 12.2 Å². The number of rotatable bonds is 36. The van der Waals surface area contributed by atoms with E-state index in [1.807, 2.05) is 6.08 Å². The van der Waals surface area contributed by atoms with E-state index >= 15 is 0 Å². The van der Waals surface area contributed by atoms with Crippen LogP contribution in [0.2, 0.25) is 0 Å². The fourth-order valence-electron chi connectivity index (χ4n) is 8.95. The molecule has 0 aromatic carbocycles. The third-order valence-corrected chi connectivity index (χ3v) is 13.3. The average molecular weight is 982 g/mol. The molecule has 17 atom stereocenters. The lowest BCUT2D eigenvalue weighted by molar-refractivity contribution is -0.379. The Morgan fingerprint density at radius 1 is 0.515 bits per heavy atom. The van der Waals surface area contributed by atoms with Gasteiger partial charge in [0.15, 0.2) is 18.9 Å². The molecular formula is C49H91NO18. The lowest BCUT2D eigenvalue weighted by Crippen LogP contribution is -2.66. The van der Waals surface area contributed by atoms with Gasteiger partial charge < -0.3 is 89.9 Å². The summed E-state index contributed by atoms with van der Waals surface area (Å²) < 4.78 is 34.1. The molecule has 3 heterocycles. The number of aliphatic hydroxyl groups excluding tert-OH is 11. The minimum Gasteiger partial charge on any atom is -0.394 e. The van der Waals surface area contributed by atoms with Crippen LogP contribution >= 0.6 is 0 Å². The zero-order valence-corrected chi connectivity index (χ0v) is 40.8. The first-order valence-corrected chi connectivity index (χ1v) is 25.9. The summed E-state index contributed by atoms with van der Waals surface area (Å²) in [4.78, 5) is 13.2. The van der Waals surface area contributed by atoms with Gasteiger partial charge in [0.1, 0.15) is 73.2 Å². The van der Waals surface area contributed by atoms with Crippen LogP contribution in [0.1, 0.15) is 162 Å². The molecule has 1 amide bonds. The topological polar surface area (TPSA) is 307 Å². The van der Waals surface area contributed by atoms with E-state index in [9.17, 15) is 61.0 Å². The molecule has 3 aliphatic rings. The van der Waals surface area contributed by atoms with Gasteiger partial charge in [-0.1, -0.05) is 148 Å². The Balaban J connectivity index is 1.56. The Morgan fingerprint density at radius 2 is 0.912 bits per heavy atom. The van der Waals surface area contributed by atoms with E-state index in [1.165, 1.54) is 89.9 Å². The maximum Gasteiger partial charge on any atom is 0.220 e. The molecule has 3 rings (SSSR count). The fourth-order valence-corrected chi connectivity index (χ4v) is 8.95. The van der Waals surface area contributed by atoms with E-state index in [1.54, 1.807) is 6.08 Å². The highest BCUT2D eigenvalue weighted by atomic mass is 16.8. The summed E-state index contributed by atoms with van der Waals surface area (Å²) in [5, 5.41) is 119. The largest absolute Gasteiger partial charge is 0.394 e. The number of unbranched alkanes of at least 4 members (excludes halogenated alkanes) is 20. The van der Waals surface area contributed by atoms with Crippen LogP contribution in [0.4, 0.5) is 0 Å². The van der Waals surface area contributed by atoms with E-state index in [-0.39, 0.29) is 18.9 Å². The summed E-state index contributed by atoms with van der Waals surface area (Å²) in [6.07, 6.45) is 2.23. The second-order valence-electron chi connectivity index (χ2n) is 19.0. The van der Waals surface area contributed by atoms with Crippen molar-refractivity contribution in [2.24, 2.45) is 0 Å². The molecule has 3 aliphatic heterocycles. The monoisotopic (exact) mass is 982 g/mol. The molecule has 0 spiro atoms. The fraction of sp³-hybridized carbons (Fsp3) is 0.939. The van der Waals surface area contributed by atoms with Crippen LogP contribution in [0.15, 0.2) is 12.2 Å². The zero-order chi connectivity index (χ0) is 49.8. The second kappa shape index (κ2) is 34.8. The number of ether oxygens (including phenoxy) is 6. The summed E-state index contributed by atoms with van der Waals surface area (Å²) >= 11 is 0. The maximum atomic E-state index is 13.2. The van der Waals surface area contributed by atoms with Crippen LogP contribution in [0, 0.1) is 0 Å². The summed E-state index contributed by atoms with van der Waals surface area (Å²) in [6.45, 7) is 1.66. The molecule has 3 fully saturated rings. The molecule has 68 heavy (non-hydrogen) atoms. The number of allylic oxidation sites excluding steroid dienone is 1. The summed E-state index contributed by atoms with van der Waals surface area (Å²) in [5.74, 6) is -0.278. The van der Waals surface area contributed by atoms with Crippen LogP contribution < -0.4 is 5.32 Å². The third-order valence-electron chi connectivity index (χ3n) is 13.3. The van der Waals surface area contributed by atoms with Gasteiger partial charge in [-0.2, -0.15) is 0 Å². The Kier molecular flexibility index (Phi) is 31.1. The van der Waals surface area contributed by atoms with Crippen molar-refractivity contribution in [2.45, 2.75) is 266 Å². The first-order chi connectivity index (χ1) is 32.8. The lowest BCUT2D eigenvalue weighted by atomic mass is 9.96. The Labute approximate surface area is 404 Å². The zero-order valence-electron chi connectivity index (χ0n) is 40.8. The van der Waals surface area contributed by atoms with E-state index in [0.29, 0.717) is 6.42 Å². The van der Waals surface area contributed by atoms with Crippen LogP contribution in [-0.2, 0) is 33.2 Å². The Morgan fingerprint density at radius 3 is 1.38 bits per heavy atom. The molecule has 0 bridgehead atoms. The molecule has 400 valence electrons. The Hall–Kier alpha value is -1.47. The molecule has 0 aromatic rings. The summed E-state index contributed by atoms with van der Waals surface area (Å²) in [5.41, 5.74) is 0. The van der Waals surface area contributed by atoms with Crippen molar-refractivity contribution in [2.75, 3.05) is 26.4 Å². The van der Waals surface area contributed by atoms with E-state index < -0.39 is 124 Å². The molecule has 0 saturated carbocycles. The average Bonchev–Trinajstić information content (AvgIpc) is 3.33. The number of nitrogens with one attached hydrogen (secondary N) is 1. The van der Waals surface area contributed by atoms with Gasteiger partial charge in [0.2, 0.25) is 5.91 Å². The van der Waals surface area contributed by atoms with Crippen molar-refractivity contribution in [1.82, 2.24) is 5.32 Å². The predicted molar refractivity (Wildman–Crippen MR) is 250 cm³/mol. The van der Waals surface area contributed by atoms with Crippen LogP contribution in [-0.4, -0.2) is 193 Å². The normalized spacial score (nSPS) is 33.2. The number of aliphatic hydroxyl groups is 11. The molecule has 19 heteroatoms. The van der Waals surface area contributed by atoms with E-state index in [2.05, 4.69) is 19.2 Å². The lowest BCUT2D eigenvalue weighted by Gasteiger charge is -2.48. The number of carbonyl (C=O) groups excluding carboxylic acids is 1. The first-order valence-electron chi connectivity index (χ1n) is 25.9. The van der Waals surface area contributed by atoms with Crippen LogP contribution in [0.3, 0.4) is 0 Å². The van der Waals surface area contributed by atoms with E-state index in [0.717, 1.165) is 44.9 Å². The number of carbonyl (C=O) groups is 1. The molecule has 3 saturated heterocycles. The molecule has 12 N–H and O–H groups in total. The predicted octanol–water partition coefficient (Wildman–Crippen LogP) is 1.87. The number of amides is 1. The summed E-state index contributed by atoms with van der Waals surface area (Å²) in [7, 11) is 0. The minimum atomic E-state index is -1.97. The molecule has 17 unspecified atom stereocenters. The molecule has 0 aliphatic carbocycles. The standard InChI is InChI=1S/C49H91NO18/c1-3-5-7-9-11-13-15-16-17-19-21-23-25-27-37(55)50-32(33(54)26-24-22-20-18-14-12-10-8-6-4-2)31-63-47-43(61)40(58)45(35(29-52)65-47)68-49-44(62)41(59)46(36(30-53)66-49)67-48-42(60)39(57)38(56)34(28-51)64-48/h24,26,32-36,38-49,51-54,56-62H,3-23,25,27-31H2,1-2H3,(H,50,55)/b26-24+.